The molecule has 3 heterocycles. The normalized spacial score (nSPS) is 10.9. The molecule has 0 aliphatic rings. The number of amides is 1. The third kappa shape index (κ3) is 4.72. The molecule has 0 spiro atoms. The number of H-pyrrole nitrogens is 1. The molecule has 3 aromatic heterocycles. The first kappa shape index (κ1) is 23.0. The molecule has 0 saturated carbocycles. The second-order valence-electron chi connectivity index (χ2n) is 7.96. The number of carboxylic acid groups (broad SMARTS) is 1. The molecule has 0 bridgehead atoms. The maximum Gasteiger partial charge on any atom is 0.409 e. The fourth-order valence-corrected chi connectivity index (χ4v) is 4.06. The highest BCUT2D eigenvalue weighted by molar-refractivity contribution is 6.31. The van der Waals surface area contributed by atoms with Gasteiger partial charge in [0.05, 0.1) is 17.9 Å². The zero-order valence-corrected chi connectivity index (χ0v) is 19.6. The minimum absolute atomic E-state index is 0.213. The van der Waals surface area contributed by atoms with Gasteiger partial charge in [0, 0.05) is 39.8 Å². The van der Waals surface area contributed by atoms with Crippen LogP contribution in [0.4, 0.5) is 10.5 Å². The lowest BCUT2D eigenvalue weighted by molar-refractivity contribution is 0.209. The third-order valence-electron chi connectivity index (χ3n) is 5.53. The molecule has 36 heavy (non-hydrogen) atoms. The average molecular weight is 503 g/mol. The van der Waals surface area contributed by atoms with Crippen molar-refractivity contribution in [1.82, 2.24) is 34.7 Å². The summed E-state index contributed by atoms with van der Waals surface area (Å²) in [6.07, 6.45) is 2.05. The number of aromatic nitrogens is 7. The van der Waals surface area contributed by atoms with Crippen molar-refractivity contribution in [3.8, 4) is 28.1 Å². The molecule has 0 atom stereocenters. The summed E-state index contributed by atoms with van der Waals surface area (Å²) in [4.78, 5) is 31.6. The lowest BCUT2D eigenvalue weighted by atomic mass is 10.0. The number of hydrogen-bond acceptors (Lipinski definition) is 6. The van der Waals surface area contributed by atoms with Crippen LogP contribution in [0.2, 0.25) is 5.02 Å². The molecule has 0 aliphatic heterocycles. The zero-order chi connectivity index (χ0) is 25.2. The molecule has 0 radical (unpaired) electrons. The van der Waals surface area contributed by atoms with Gasteiger partial charge in [0.1, 0.15) is 12.2 Å². The van der Waals surface area contributed by atoms with Crippen molar-refractivity contribution in [1.29, 1.82) is 0 Å². The molecule has 0 saturated heterocycles. The van der Waals surface area contributed by atoms with Crippen molar-refractivity contribution in [2.45, 2.75) is 13.5 Å². The van der Waals surface area contributed by atoms with Crippen LogP contribution < -0.4 is 10.9 Å². The highest BCUT2D eigenvalue weighted by Crippen LogP contribution is 2.28. The second kappa shape index (κ2) is 9.47. The smallest absolute Gasteiger partial charge is 0.409 e. The second-order valence-corrected chi connectivity index (χ2v) is 8.40. The summed E-state index contributed by atoms with van der Waals surface area (Å²) in [6.45, 7) is 2.13. The van der Waals surface area contributed by atoms with E-state index in [9.17, 15) is 9.59 Å². The summed E-state index contributed by atoms with van der Waals surface area (Å²) in [5.74, 6) is 0.613. The van der Waals surface area contributed by atoms with Crippen molar-refractivity contribution in [2.24, 2.45) is 0 Å². The molecule has 0 fully saturated rings. The largest absolute Gasteiger partial charge is 0.465 e. The Morgan fingerprint density at radius 1 is 1.11 bits per heavy atom. The van der Waals surface area contributed by atoms with E-state index in [4.69, 9.17) is 16.7 Å². The number of pyridine rings is 1. The van der Waals surface area contributed by atoms with E-state index >= 15 is 0 Å². The van der Waals surface area contributed by atoms with E-state index in [1.807, 2.05) is 13.0 Å². The molecule has 1 amide bonds. The van der Waals surface area contributed by atoms with E-state index in [1.165, 1.54) is 17.1 Å². The third-order valence-corrected chi connectivity index (χ3v) is 5.76. The van der Waals surface area contributed by atoms with Crippen LogP contribution in [0, 0.1) is 6.92 Å². The Morgan fingerprint density at radius 2 is 1.92 bits per heavy atom. The number of carbonyl (C=O) groups is 1. The highest BCUT2D eigenvalue weighted by Gasteiger charge is 2.13. The summed E-state index contributed by atoms with van der Waals surface area (Å²) >= 11 is 6.22. The number of hydrogen-bond donors (Lipinski definition) is 3. The van der Waals surface area contributed by atoms with Gasteiger partial charge >= 0.3 is 6.09 Å². The summed E-state index contributed by atoms with van der Waals surface area (Å²) in [7, 11) is 0. The average Bonchev–Trinajstić information content (AvgIpc) is 3.50. The van der Waals surface area contributed by atoms with E-state index in [-0.39, 0.29) is 12.1 Å². The Kier molecular flexibility index (Phi) is 6.05. The van der Waals surface area contributed by atoms with Crippen LogP contribution in [-0.2, 0) is 6.54 Å². The predicted octanol–water partition coefficient (Wildman–Crippen LogP) is 3.98. The number of benzene rings is 2. The molecule has 3 N–H and O–H groups in total. The number of aryl methyl sites for hydroxylation is 1. The van der Waals surface area contributed by atoms with Gasteiger partial charge in [-0.05, 0) is 59.3 Å². The van der Waals surface area contributed by atoms with Crippen LogP contribution in [0.3, 0.4) is 0 Å². The van der Waals surface area contributed by atoms with Gasteiger partial charge in [-0.15, -0.1) is 5.10 Å². The first-order valence-corrected chi connectivity index (χ1v) is 11.1. The van der Waals surface area contributed by atoms with Gasteiger partial charge in [-0.25, -0.2) is 9.78 Å². The number of halogens is 1. The lowest BCUT2D eigenvalue weighted by Crippen LogP contribution is -2.20. The molecule has 0 aliphatic carbocycles. The molecular formula is C24H19ClN8O3. The van der Waals surface area contributed by atoms with Crippen molar-refractivity contribution < 1.29 is 9.90 Å². The van der Waals surface area contributed by atoms with Crippen molar-refractivity contribution in [2.75, 3.05) is 5.32 Å². The van der Waals surface area contributed by atoms with Gasteiger partial charge in [-0.2, -0.15) is 4.68 Å². The quantitative estimate of drug-likeness (QED) is 0.318. The maximum atomic E-state index is 13.0. The minimum atomic E-state index is -1.13. The van der Waals surface area contributed by atoms with E-state index in [0.29, 0.717) is 27.8 Å². The van der Waals surface area contributed by atoms with Gasteiger partial charge in [0.25, 0.3) is 5.56 Å². The van der Waals surface area contributed by atoms with Crippen LogP contribution in [0.1, 0.15) is 11.5 Å². The first-order chi connectivity index (χ1) is 17.4. The molecule has 12 heteroatoms. The van der Waals surface area contributed by atoms with Gasteiger partial charge < -0.3 is 14.7 Å². The summed E-state index contributed by atoms with van der Waals surface area (Å²) in [5, 5.41) is 23.0. The fourth-order valence-electron chi connectivity index (χ4n) is 3.89. The number of nitrogens with zero attached hydrogens (tertiary/aromatic N) is 6. The number of tetrazole rings is 1. The van der Waals surface area contributed by atoms with Gasteiger partial charge in [-0.1, -0.05) is 23.7 Å². The summed E-state index contributed by atoms with van der Waals surface area (Å²) in [6, 6.07) is 15.5. The Hall–Kier alpha value is -4.77. The fraction of sp³-hybridized carbons (Fsp3) is 0.0833. The minimum Gasteiger partial charge on any atom is -0.465 e. The lowest BCUT2D eigenvalue weighted by Gasteiger charge is -2.11. The van der Waals surface area contributed by atoms with Crippen molar-refractivity contribution >= 4 is 23.4 Å². The Labute approximate surface area is 209 Å². The Morgan fingerprint density at radius 3 is 2.61 bits per heavy atom. The molecular weight excluding hydrogens is 484 g/mol. The van der Waals surface area contributed by atoms with Gasteiger partial charge in [0.2, 0.25) is 0 Å². The maximum absolute atomic E-state index is 13.0. The molecule has 5 rings (SSSR count). The van der Waals surface area contributed by atoms with E-state index in [0.717, 1.165) is 22.5 Å². The number of rotatable bonds is 6. The molecule has 11 nitrogen and oxygen atoms in total. The highest BCUT2D eigenvalue weighted by atomic mass is 35.5. The molecule has 180 valence electrons. The summed E-state index contributed by atoms with van der Waals surface area (Å²) < 4.78 is 3.06. The van der Waals surface area contributed by atoms with Crippen molar-refractivity contribution in [3.05, 3.63) is 94.0 Å². The molecule has 2 aromatic carbocycles. The Balaban J connectivity index is 1.41. The topological polar surface area (TPSA) is 144 Å². The van der Waals surface area contributed by atoms with Crippen molar-refractivity contribution in [3.63, 3.8) is 0 Å². The number of anilines is 1. The van der Waals surface area contributed by atoms with Gasteiger partial charge in [0.15, 0.2) is 0 Å². The van der Waals surface area contributed by atoms with Crippen LogP contribution >= 0.6 is 11.6 Å². The number of aromatic amines is 1. The molecule has 5 aromatic rings. The monoisotopic (exact) mass is 502 g/mol. The van der Waals surface area contributed by atoms with E-state index < -0.39 is 6.09 Å². The van der Waals surface area contributed by atoms with E-state index in [1.54, 1.807) is 53.2 Å². The van der Waals surface area contributed by atoms with Gasteiger partial charge in [-0.3, -0.25) is 10.1 Å². The van der Waals surface area contributed by atoms with Crippen LogP contribution in [-0.4, -0.2) is 45.9 Å². The predicted molar refractivity (Wildman–Crippen MR) is 133 cm³/mol. The first-order valence-electron chi connectivity index (χ1n) is 10.8. The SMILES string of the molecule is Cc1[nH]c(Cn2ccc(-c3cc(Cl)ccc3-n3cnnn3)cc2=O)nc1-c1ccc(NC(=O)O)cc1. The Bertz CT molecular complexity index is 1610. The number of nitrogens with one attached hydrogen (secondary N) is 2. The van der Waals surface area contributed by atoms with Crippen LogP contribution in [0.25, 0.3) is 28.1 Å². The van der Waals surface area contributed by atoms with E-state index in [2.05, 4.69) is 30.8 Å². The standard InChI is InChI=1S/C24H19ClN8O3/c1-14-23(15-2-5-18(6-3-15)28-24(35)36)29-21(27-14)12-32-9-8-16(10-22(32)34)19-11-17(25)4-7-20(19)33-13-26-30-31-33/h2-11,13,28H,12H2,1H3,(H,27,29)(H,35,36). The van der Waals surface area contributed by atoms with Crippen LogP contribution in [0.15, 0.2) is 71.9 Å². The zero-order valence-electron chi connectivity index (χ0n) is 18.9. The summed E-state index contributed by atoms with van der Waals surface area (Å²) in [5.41, 5.74) is 4.72. The van der Waals surface area contributed by atoms with Crippen LogP contribution in [0.5, 0.6) is 0 Å². The molecule has 0 unspecified atom stereocenters. The number of imidazole rings is 1.